The third kappa shape index (κ3) is 3.45. The number of carbonyl (C=O) groups excluding carboxylic acids is 1. The molecule has 0 bridgehead atoms. The number of rotatable bonds is 4. The number of esters is 1. The van der Waals surface area contributed by atoms with Crippen LogP contribution in [0.5, 0.6) is 0 Å². The summed E-state index contributed by atoms with van der Waals surface area (Å²) in [5.41, 5.74) is 6.39. The fourth-order valence-corrected chi connectivity index (χ4v) is 2.01. The molecular formula is C13H16ClNO3. The van der Waals surface area contributed by atoms with E-state index in [1.54, 1.807) is 12.1 Å². The van der Waals surface area contributed by atoms with Crippen molar-refractivity contribution in [3.8, 4) is 0 Å². The molecule has 0 aliphatic carbocycles. The lowest BCUT2D eigenvalue weighted by Crippen LogP contribution is -2.26. The molecule has 1 heterocycles. The Morgan fingerprint density at radius 1 is 1.39 bits per heavy atom. The number of hydrogen-bond acceptors (Lipinski definition) is 4. The SMILES string of the molecule is NCC1CCC(C(=O)OCc2ccc(Cl)cc2)O1. The van der Waals surface area contributed by atoms with Crippen molar-refractivity contribution in [1.29, 1.82) is 0 Å². The molecule has 1 aliphatic rings. The molecule has 0 spiro atoms. The minimum atomic E-state index is -0.467. The monoisotopic (exact) mass is 269 g/mol. The first-order valence-electron chi connectivity index (χ1n) is 5.95. The van der Waals surface area contributed by atoms with Crippen LogP contribution in [-0.4, -0.2) is 24.7 Å². The number of carbonyl (C=O) groups is 1. The Morgan fingerprint density at radius 3 is 2.72 bits per heavy atom. The molecule has 1 aliphatic heterocycles. The van der Waals surface area contributed by atoms with E-state index in [-0.39, 0.29) is 18.7 Å². The fraction of sp³-hybridized carbons (Fsp3) is 0.462. The molecule has 2 rings (SSSR count). The van der Waals surface area contributed by atoms with Crippen LogP contribution in [0.3, 0.4) is 0 Å². The van der Waals surface area contributed by atoms with E-state index in [2.05, 4.69) is 0 Å². The average Bonchev–Trinajstić information content (AvgIpc) is 2.86. The van der Waals surface area contributed by atoms with Gasteiger partial charge in [0, 0.05) is 11.6 Å². The van der Waals surface area contributed by atoms with Crippen molar-refractivity contribution in [1.82, 2.24) is 0 Å². The maximum Gasteiger partial charge on any atom is 0.335 e. The fourth-order valence-electron chi connectivity index (χ4n) is 1.88. The largest absolute Gasteiger partial charge is 0.459 e. The quantitative estimate of drug-likeness (QED) is 0.848. The van der Waals surface area contributed by atoms with Gasteiger partial charge in [-0.3, -0.25) is 0 Å². The molecule has 4 nitrogen and oxygen atoms in total. The summed E-state index contributed by atoms with van der Waals surface area (Å²) >= 11 is 5.77. The predicted octanol–water partition coefficient (Wildman–Crippen LogP) is 1.89. The zero-order valence-electron chi connectivity index (χ0n) is 9.97. The topological polar surface area (TPSA) is 61.6 Å². The van der Waals surface area contributed by atoms with Crippen LogP contribution in [0, 0.1) is 0 Å². The van der Waals surface area contributed by atoms with Crippen molar-refractivity contribution in [2.24, 2.45) is 5.73 Å². The lowest BCUT2D eigenvalue weighted by molar-refractivity contribution is -0.157. The maximum atomic E-state index is 11.7. The summed E-state index contributed by atoms with van der Waals surface area (Å²) in [7, 11) is 0. The van der Waals surface area contributed by atoms with Gasteiger partial charge in [-0.05, 0) is 30.5 Å². The second-order valence-electron chi connectivity index (χ2n) is 4.29. The Kier molecular flexibility index (Phi) is 4.58. The van der Waals surface area contributed by atoms with Gasteiger partial charge < -0.3 is 15.2 Å². The van der Waals surface area contributed by atoms with E-state index < -0.39 is 6.10 Å². The van der Waals surface area contributed by atoms with Crippen molar-refractivity contribution < 1.29 is 14.3 Å². The van der Waals surface area contributed by atoms with Crippen LogP contribution in [0.15, 0.2) is 24.3 Å². The first-order valence-corrected chi connectivity index (χ1v) is 6.33. The third-order valence-corrected chi connectivity index (χ3v) is 3.18. The molecular weight excluding hydrogens is 254 g/mol. The molecule has 0 radical (unpaired) electrons. The highest BCUT2D eigenvalue weighted by atomic mass is 35.5. The minimum Gasteiger partial charge on any atom is -0.459 e. The van der Waals surface area contributed by atoms with Crippen molar-refractivity contribution in [3.05, 3.63) is 34.9 Å². The summed E-state index contributed by atoms with van der Waals surface area (Å²) in [4.78, 5) is 11.7. The van der Waals surface area contributed by atoms with Crippen LogP contribution in [0.4, 0.5) is 0 Å². The number of nitrogens with two attached hydrogens (primary N) is 1. The van der Waals surface area contributed by atoms with Gasteiger partial charge in [0.15, 0.2) is 6.10 Å². The highest BCUT2D eigenvalue weighted by Crippen LogP contribution is 2.20. The number of halogens is 1. The Bertz CT molecular complexity index is 407. The van der Waals surface area contributed by atoms with E-state index >= 15 is 0 Å². The van der Waals surface area contributed by atoms with Gasteiger partial charge in [0.1, 0.15) is 6.61 Å². The number of benzene rings is 1. The summed E-state index contributed by atoms with van der Waals surface area (Å²) in [6.45, 7) is 0.685. The second kappa shape index (κ2) is 6.18. The van der Waals surface area contributed by atoms with E-state index in [1.807, 2.05) is 12.1 Å². The van der Waals surface area contributed by atoms with E-state index in [0.717, 1.165) is 12.0 Å². The van der Waals surface area contributed by atoms with Gasteiger partial charge in [-0.15, -0.1) is 0 Å². The van der Waals surface area contributed by atoms with E-state index in [1.165, 1.54) is 0 Å². The first-order chi connectivity index (χ1) is 8.69. The molecule has 0 saturated carbocycles. The highest BCUT2D eigenvalue weighted by molar-refractivity contribution is 6.30. The normalized spacial score (nSPS) is 23.0. The summed E-state index contributed by atoms with van der Waals surface area (Å²) in [5, 5.41) is 0.662. The summed E-state index contributed by atoms with van der Waals surface area (Å²) < 4.78 is 10.7. The molecule has 98 valence electrons. The van der Waals surface area contributed by atoms with Crippen molar-refractivity contribution in [3.63, 3.8) is 0 Å². The van der Waals surface area contributed by atoms with Crippen LogP contribution in [-0.2, 0) is 20.9 Å². The van der Waals surface area contributed by atoms with Crippen LogP contribution >= 0.6 is 11.6 Å². The predicted molar refractivity (Wildman–Crippen MR) is 68.2 cm³/mol. The molecule has 2 N–H and O–H groups in total. The van der Waals surface area contributed by atoms with Gasteiger partial charge in [0.05, 0.1) is 6.10 Å². The van der Waals surface area contributed by atoms with Gasteiger partial charge in [0.25, 0.3) is 0 Å². The third-order valence-electron chi connectivity index (χ3n) is 2.93. The average molecular weight is 270 g/mol. The Balaban J connectivity index is 1.80. The molecule has 5 heteroatoms. The van der Waals surface area contributed by atoms with E-state index in [4.69, 9.17) is 26.8 Å². The van der Waals surface area contributed by atoms with Crippen molar-refractivity contribution in [2.75, 3.05) is 6.54 Å². The maximum absolute atomic E-state index is 11.7. The smallest absolute Gasteiger partial charge is 0.335 e. The first kappa shape index (κ1) is 13.3. The summed E-state index contributed by atoms with van der Waals surface area (Å²) in [6, 6.07) is 7.18. The van der Waals surface area contributed by atoms with Crippen molar-refractivity contribution in [2.45, 2.75) is 31.7 Å². The van der Waals surface area contributed by atoms with Gasteiger partial charge in [-0.25, -0.2) is 4.79 Å². The van der Waals surface area contributed by atoms with Gasteiger partial charge in [0.2, 0.25) is 0 Å². The van der Waals surface area contributed by atoms with Gasteiger partial charge in [-0.1, -0.05) is 23.7 Å². The van der Waals surface area contributed by atoms with Gasteiger partial charge >= 0.3 is 5.97 Å². The lowest BCUT2D eigenvalue weighted by Gasteiger charge is -2.12. The standard InChI is InChI=1S/C13H16ClNO3/c14-10-3-1-9(2-4-10)8-17-13(16)12-6-5-11(7-15)18-12/h1-4,11-12H,5-8,15H2. The molecule has 1 aromatic rings. The zero-order valence-corrected chi connectivity index (χ0v) is 10.7. The summed E-state index contributed by atoms with van der Waals surface area (Å²) in [5.74, 6) is -0.319. The van der Waals surface area contributed by atoms with Crippen LogP contribution in [0.25, 0.3) is 0 Å². The molecule has 0 aromatic heterocycles. The number of hydrogen-bond donors (Lipinski definition) is 1. The number of ether oxygens (including phenoxy) is 2. The lowest BCUT2D eigenvalue weighted by atomic mass is 10.2. The Labute approximate surface area is 111 Å². The Hall–Kier alpha value is -1.10. The zero-order chi connectivity index (χ0) is 13.0. The summed E-state index contributed by atoms with van der Waals surface area (Å²) in [6.07, 6.45) is 1.02. The molecule has 2 unspecified atom stereocenters. The molecule has 2 atom stereocenters. The van der Waals surface area contributed by atoms with Crippen LogP contribution < -0.4 is 5.73 Å². The second-order valence-corrected chi connectivity index (χ2v) is 4.73. The van der Waals surface area contributed by atoms with E-state index in [9.17, 15) is 4.79 Å². The van der Waals surface area contributed by atoms with E-state index in [0.29, 0.717) is 18.0 Å². The highest BCUT2D eigenvalue weighted by Gasteiger charge is 2.30. The van der Waals surface area contributed by atoms with Crippen LogP contribution in [0.2, 0.25) is 5.02 Å². The van der Waals surface area contributed by atoms with Crippen molar-refractivity contribution >= 4 is 17.6 Å². The molecule has 1 aromatic carbocycles. The molecule has 18 heavy (non-hydrogen) atoms. The Morgan fingerprint density at radius 2 is 2.11 bits per heavy atom. The van der Waals surface area contributed by atoms with Gasteiger partial charge in [-0.2, -0.15) is 0 Å². The molecule has 1 fully saturated rings. The molecule has 1 saturated heterocycles. The van der Waals surface area contributed by atoms with Crippen LogP contribution in [0.1, 0.15) is 18.4 Å². The molecule has 0 amide bonds. The minimum absolute atomic E-state index is 0.0157.